The van der Waals surface area contributed by atoms with Crippen LogP contribution in [0.2, 0.25) is 0 Å². The van der Waals surface area contributed by atoms with E-state index in [1.807, 2.05) is 12.1 Å². The van der Waals surface area contributed by atoms with Gasteiger partial charge in [-0.1, -0.05) is 0 Å². The number of rotatable bonds is 0. The van der Waals surface area contributed by atoms with Crippen molar-refractivity contribution in [2.45, 2.75) is 0 Å². The SMILES string of the molecule is CN1C[NH+]2C=NC(N)=C2N1N. The Morgan fingerprint density at radius 1 is 1.73 bits per heavy atom. The Kier molecular flexibility index (Phi) is 1.16. The van der Waals surface area contributed by atoms with Gasteiger partial charge in [0.05, 0.1) is 0 Å². The average molecular weight is 155 g/mol. The van der Waals surface area contributed by atoms with E-state index >= 15 is 0 Å². The molecule has 0 radical (unpaired) electrons. The molecule has 1 saturated heterocycles. The van der Waals surface area contributed by atoms with Crippen LogP contribution >= 0.6 is 0 Å². The van der Waals surface area contributed by atoms with Gasteiger partial charge < -0.3 is 5.73 Å². The maximum absolute atomic E-state index is 5.67. The monoisotopic (exact) mass is 155 g/mol. The van der Waals surface area contributed by atoms with Crippen LogP contribution < -0.4 is 16.5 Å². The average Bonchev–Trinajstić information content (AvgIpc) is 2.41. The van der Waals surface area contributed by atoms with Gasteiger partial charge in [0, 0.05) is 7.05 Å². The van der Waals surface area contributed by atoms with Crippen LogP contribution in [0.25, 0.3) is 0 Å². The molecule has 2 heterocycles. The van der Waals surface area contributed by atoms with Gasteiger partial charge in [-0.25, -0.2) is 10.7 Å². The third kappa shape index (κ3) is 0.739. The molecule has 11 heavy (non-hydrogen) atoms. The molecule has 2 aliphatic heterocycles. The minimum atomic E-state index is 0.506. The number of hydrogen-bond acceptors (Lipinski definition) is 5. The third-order valence-corrected chi connectivity index (χ3v) is 1.90. The van der Waals surface area contributed by atoms with Gasteiger partial charge in [-0.3, -0.25) is 0 Å². The first-order valence-corrected chi connectivity index (χ1v) is 3.36. The van der Waals surface area contributed by atoms with Gasteiger partial charge in [-0.15, -0.1) is 0 Å². The number of hydrogen-bond donors (Lipinski definition) is 3. The van der Waals surface area contributed by atoms with Crippen molar-refractivity contribution in [1.82, 2.24) is 10.1 Å². The Bertz CT molecular complexity index is 243. The lowest BCUT2D eigenvalue weighted by atomic mass is 10.6. The van der Waals surface area contributed by atoms with Crippen molar-refractivity contribution in [3.63, 3.8) is 0 Å². The van der Waals surface area contributed by atoms with Crippen molar-refractivity contribution >= 4 is 6.34 Å². The molecule has 5 N–H and O–H groups in total. The van der Waals surface area contributed by atoms with Crippen molar-refractivity contribution < 1.29 is 4.90 Å². The van der Waals surface area contributed by atoms with Crippen molar-refractivity contribution in [2.24, 2.45) is 16.6 Å². The molecule has 6 heteroatoms. The van der Waals surface area contributed by atoms with Crippen molar-refractivity contribution in [3.05, 3.63) is 11.6 Å². The highest BCUT2D eigenvalue weighted by Gasteiger charge is 2.38. The summed E-state index contributed by atoms with van der Waals surface area (Å²) in [6.07, 6.45) is 1.76. The van der Waals surface area contributed by atoms with Gasteiger partial charge in [-0.05, 0) is 0 Å². The van der Waals surface area contributed by atoms with Crippen LogP contribution in [-0.2, 0) is 0 Å². The highest BCUT2D eigenvalue weighted by molar-refractivity contribution is 5.51. The largest absolute Gasteiger partial charge is 0.377 e. The summed E-state index contributed by atoms with van der Waals surface area (Å²) in [5.74, 6) is 7.02. The molecule has 1 atom stereocenters. The van der Waals surface area contributed by atoms with Gasteiger partial charge in [0.25, 0.3) is 5.82 Å². The van der Waals surface area contributed by atoms with E-state index in [0.29, 0.717) is 5.82 Å². The summed E-state index contributed by atoms with van der Waals surface area (Å²) in [7, 11) is 1.90. The van der Waals surface area contributed by atoms with E-state index in [2.05, 4.69) is 4.99 Å². The van der Waals surface area contributed by atoms with Crippen LogP contribution in [0.3, 0.4) is 0 Å². The minimum absolute atomic E-state index is 0.506. The van der Waals surface area contributed by atoms with Crippen LogP contribution in [0.15, 0.2) is 16.6 Å². The van der Waals surface area contributed by atoms with Gasteiger partial charge in [0.2, 0.25) is 5.82 Å². The fourth-order valence-corrected chi connectivity index (χ4v) is 1.31. The van der Waals surface area contributed by atoms with E-state index in [0.717, 1.165) is 17.4 Å². The first-order chi connectivity index (χ1) is 5.20. The van der Waals surface area contributed by atoms with E-state index in [4.69, 9.17) is 11.6 Å². The Morgan fingerprint density at radius 2 is 2.45 bits per heavy atom. The fraction of sp³-hybridized carbons (Fsp3) is 0.400. The highest BCUT2D eigenvalue weighted by atomic mass is 15.8. The molecule has 2 rings (SSSR count). The third-order valence-electron chi connectivity index (χ3n) is 1.90. The molecular weight excluding hydrogens is 144 g/mol. The van der Waals surface area contributed by atoms with Gasteiger partial charge in [-0.2, -0.15) is 15.1 Å². The minimum Gasteiger partial charge on any atom is -0.377 e. The molecule has 0 spiro atoms. The summed E-state index contributed by atoms with van der Waals surface area (Å²) >= 11 is 0. The number of aliphatic imine (C=N–C) groups is 1. The topological polar surface area (TPSA) is 75.3 Å². The van der Waals surface area contributed by atoms with Crippen molar-refractivity contribution in [2.75, 3.05) is 13.7 Å². The molecule has 2 aliphatic rings. The summed E-state index contributed by atoms with van der Waals surface area (Å²) in [5.41, 5.74) is 5.59. The van der Waals surface area contributed by atoms with Crippen LogP contribution in [0.4, 0.5) is 0 Å². The molecule has 1 unspecified atom stereocenters. The Labute approximate surface area is 64.3 Å². The molecule has 0 aliphatic carbocycles. The number of hydrazine groups is 2. The van der Waals surface area contributed by atoms with Crippen LogP contribution in [-0.4, -0.2) is 30.2 Å². The standard InChI is InChI=1S/C5H10N6/c1-9-3-10-2-8-4(6)5(10)11(9)7/h2H,3,6-7H2,1H3/p+1. The maximum Gasteiger partial charge on any atom is 0.282 e. The Morgan fingerprint density at radius 3 is 3.09 bits per heavy atom. The Balaban J connectivity index is 2.35. The lowest BCUT2D eigenvalue weighted by Gasteiger charge is -2.13. The lowest BCUT2D eigenvalue weighted by molar-refractivity contribution is -0.750. The van der Waals surface area contributed by atoms with Gasteiger partial charge in [0.1, 0.15) is 0 Å². The molecule has 6 nitrogen and oxygen atoms in total. The van der Waals surface area contributed by atoms with Crippen LogP contribution in [0.5, 0.6) is 0 Å². The molecule has 0 saturated carbocycles. The number of nitrogens with two attached hydrogens (primary N) is 2. The maximum atomic E-state index is 5.67. The Hall–Kier alpha value is -1.11. The van der Waals surface area contributed by atoms with Crippen molar-refractivity contribution in [3.8, 4) is 0 Å². The first-order valence-electron chi connectivity index (χ1n) is 3.36. The smallest absolute Gasteiger partial charge is 0.282 e. The second-order valence-electron chi connectivity index (χ2n) is 2.68. The normalized spacial score (nSPS) is 30.4. The number of quaternary nitrogens is 1. The zero-order valence-corrected chi connectivity index (χ0v) is 6.28. The molecule has 0 aromatic carbocycles. The lowest BCUT2D eigenvalue weighted by Crippen LogP contribution is -3.07. The number of fused-ring (bicyclic) bond motifs is 1. The molecular formula is C5H11N6+. The second kappa shape index (κ2) is 1.94. The number of nitrogens with one attached hydrogen (secondary N) is 1. The van der Waals surface area contributed by atoms with Crippen molar-refractivity contribution in [1.29, 1.82) is 0 Å². The quantitative estimate of drug-likeness (QED) is 0.326. The molecule has 0 aromatic rings. The van der Waals surface area contributed by atoms with Crippen LogP contribution in [0.1, 0.15) is 0 Å². The molecule has 1 fully saturated rings. The van der Waals surface area contributed by atoms with Crippen LogP contribution in [0, 0.1) is 0 Å². The predicted octanol–water partition coefficient (Wildman–Crippen LogP) is -3.01. The van der Waals surface area contributed by atoms with E-state index in [1.165, 1.54) is 5.12 Å². The van der Waals surface area contributed by atoms with Gasteiger partial charge in [0.15, 0.2) is 13.0 Å². The molecule has 0 aromatic heterocycles. The highest BCUT2D eigenvalue weighted by Crippen LogP contribution is 2.06. The molecule has 0 bridgehead atoms. The van der Waals surface area contributed by atoms with E-state index < -0.39 is 0 Å². The zero-order chi connectivity index (χ0) is 8.01. The summed E-state index contributed by atoms with van der Waals surface area (Å²) < 4.78 is 0. The fourth-order valence-electron chi connectivity index (χ4n) is 1.31. The van der Waals surface area contributed by atoms with E-state index in [-0.39, 0.29) is 0 Å². The summed E-state index contributed by atoms with van der Waals surface area (Å²) in [6.45, 7) is 0.788. The second-order valence-corrected chi connectivity index (χ2v) is 2.68. The predicted molar refractivity (Wildman–Crippen MR) is 39.3 cm³/mol. The molecule has 0 amide bonds. The van der Waals surface area contributed by atoms with Gasteiger partial charge >= 0.3 is 0 Å². The first kappa shape index (κ1) is 6.59. The molecule has 60 valence electrons. The summed E-state index contributed by atoms with van der Waals surface area (Å²) in [5, 5.41) is 3.40. The van der Waals surface area contributed by atoms with E-state index in [1.54, 1.807) is 6.34 Å². The summed E-state index contributed by atoms with van der Waals surface area (Å²) in [4.78, 5) is 5.04. The summed E-state index contributed by atoms with van der Waals surface area (Å²) in [6, 6.07) is 0. The van der Waals surface area contributed by atoms with E-state index in [9.17, 15) is 0 Å². The number of nitrogens with zero attached hydrogens (tertiary/aromatic N) is 3. The zero-order valence-electron chi connectivity index (χ0n) is 6.28.